The molecule has 0 saturated heterocycles. The van der Waals surface area contributed by atoms with E-state index in [1.54, 1.807) is 0 Å². The molecule has 0 atom stereocenters. The van der Waals surface area contributed by atoms with Crippen molar-refractivity contribution < 1.29 is 0 Å². The van der Waals surface area contributed by atoms with Crippen LogP contribution >= 0.6 is 12.2 Å². The predicted molar refractivity (Wildman–Crippen MR) is 77.5 cm³/mol. The van der Waals surface area contributed by atoms with Gasteiger partial charge in [0.15, 0.2) is 4.77 Å². The predicted octanol–water partition coefficient (Wildman–Crippen LogP) is 3.10. The lowest BCUT2D eigenvalue weighted by Crippen LogP contribution is -2.25. The first-order chi connectivity index (χ1) is 8.66. The zero-order valence-corrected chi connectivity index (χ0v) is 11.8. The van der Waals surface area contributed by atoms with Gasteiger partial charge >= 0.3 is 0 Å². The van der Waals surface area contributed by atoms with Gasteiger partial charge in [0.25, 0.3) is 0 Å². The number of aromatic amines is 1. The van der Waals surface area contributed by atoms with Gasteiger partial charge in [0, 0.05) is 19.1 Å². The summed E-state index contributed by atoms with van der Waals surface area (Å²) >= 11 is 5.43. The first-order valence-electron chi connectivity index (χ1n) is 6.55. The van der Waals surface area contributed by atoms with Gasteiger partial charge in [-0.1, -0.05) is 12.1 Å². The van der Waals surface area contributed by atoms with Crippen LogP contribution in [-0.4, -0.2) is 34.1 Å². The molecule has 1 aromatic carbocycles. The minimum atomic E-state index is 0.811. The minimum Gasteiger partial charge on any atom is -0.331 e. The molecule has 4 heteroatoms. The molecule has 1 fully saturated rings. The van der Waals surface area contributed by atoms with Crippen molar-refractivity contribution in [2.24, 2.45) is 0 Å². The molecule has 0 aliphatic heterocycles. The van der Waals surface area contributed by atoms with E-state index in [4.69, 9.17) is 12.2 Å². The zero-order chi connectivity index (χ0) is 12.7. The Morgan fingerprint density at radius 2 is 2.22 bits per heavy atom. The van der Waals surface area contributed by atoms with Crippen LogP contribution < -0.4 is 0 Å². The Morgan fingerprint density at radius 1 is 1.44 bits per heavy atom. The molecule has 0 amide bonds. The van der Waals surface area contributed by atoms with Crippen molar-refractivity contribution >= 4 is 23.3 Å². The molecular formula is C14H19N3S. The van der Waals surface area contributed by atoms with Gasteiger partial charge in [-0.05, 0) is 50.7 Å². The number of hydrogen-bond acceptors (Lipinski definition) is 2. The summed E-state index contributed by atoms with van der Waals surface area (Å²) in [5, 5.41) is 0. The fourth-order valence-corrected chi connectivity index (χ4v) is 2.86. The number of imidazole rings is 1. The largest absolute Gasteiger partial charge is 0.331 e. The number of nitrogens with zero attached hydrogens (tertiary/aromatic N) is 2. The van der Waals surface area contributed by atoms with E-state index >= 15 is 0 Å². The second kappa shape index (κ2) is 4.52. The first kappa shape index (κ1) is 11.9. The minimum absolute atomic E-state index is 0.811. The van der Waals surface area contributed by atoms with Crippen molar-refractivity contribution in [3.63, 3.8) is 0 Å². The van der Waals surface area contributed by atoms with Gasteiger partial charge in [-0.3, -0.25) is 0 Å². The summed E-state index contributed by atoms with van der Waals surface area (Å²) in [5.41, 5.74) is 3.69. The summed E-state index contributed by atoms with van der Waals surface area (Å²) in [6.45, 7) is 4.18. The smallest absolute Gasteiger partial charge is 0.178 e. The van der Waals surface area contributed by atoms with E-state index in [0.717, 1.165) is 29.4 Å². The molecule has 1 N–H and O–H groups in total. The lowest BCUT2D eigenvalue weighted by Gasteiger charge is -2.16. The quantitative estimate of drug-likeness (QED) is 0.855. The number of para-hydroxylation sites is 1. The van der Waals surface area contributed by atoms with Gasteiger partial charge in [-0.25, -0.2) is 0 Å². The molecular weight excluding hydrogens is 242 g/mol. The number of fused-ring (bicyclic) bond motifs is 1. The molecule has 1 aromatic heterocycles. The number of aryl methyl sites for hydroxylation is 1. The molecule has 0 bridgehead atoms. The number of H-pyrrole nitrogens is 1. The van der Waals surface area contributed by atoms with Gasteiger partial charge in [-0.15, -0.1) is 0 Å². The molecule has 0 unspecified atom stereocenters. The van der Waals surface area contributed by atoms with Crippen LogP contribution in [0, 0.1) is 11.7 Å². The van der Waals surface area contributed by atoms with Crippen molar-refractivity contribution in [2.75, 3.05) is 13.6 Å². The van der Waals surface area contributed by atoms with E-state index in [0.29, 0.717) is 0 Å². The zero-order valence-electron chi connectivity index (χ0n) is 10.9. The monoisotopic (exact) mass is 261 g/mol. The van der Waals surface area contributed by atoms with Crippen LogP contribution in [0.15, 0.2) is 18.2 Å². The molecule has 2 aromatic rings. The Labute approximate surface area is 112 Å². The summed E-state index contributed by atoms with van der Waals surface area (Å²) in [4.78, 5) is 5.74. The van der Waals surface area contributed by atoms with E-state index in [2.05, 4.69) is 46.6 Å². The second-order valence-electron chi connectivity index (χ2n) is 5.26. The molecule has 96 valence electrons. The lowest BCUT2D eigenvalue weighted by atomic mass is 10.2. The second-order valence-corrected chi connectivity index (χ2v) is 5.65. The van der Waals surface area contributed by atoms with Crippen LogP contribution in [-0.2, 0) is 6.54 Å². The van der Waals surface area contributed by atoms with Crippen molar-refractivity contribution in [3.8, 4) is 0 Å². The molecule has 1 saturated carbocycles. The highest BCUT2D eigenvalue weighted by Crippen LogP contribution is 2.25. The summed E-state index contributed by atoms with van der Waals surface area (Å²) in [6.07, 6.45) is 2.71. The number of aromatic nitrogens is 2. The van der Waals surface area contributed by atoms with Gasteiger partial charge in [0.2, 0.25) is 0 Å². The Hall–Kier alpha value is -1.13. The molecule has 0 radical (unpaired) electrons. The van der Waals surface area contributed by atoms with Gasteiger partial charge < -0.3 is 14.5 Å². The highest BCUT2D eigenvalue weighted by Gasteiger charge is 2.25. The summed E-state index contributed by atoms with van der Waals surface area (Å²) in [5.74, 6) is 0. The number of nitrogens with one attached hydrogen (secondary N) is 1. The van der Waals surface area contributed by atoms with Crippen molar-refractivity contribution in [3.05, 3.63) is 28.5 Å². The van der Waals surface area contributed by atoms with E-state index in [-0.39, 0.29) is 0 Å². The lowest BCUT2D eigenvalue weighted by molar-refractivity contribution is 0.310. The van der Waals surface area contributed by atoms with Crippen LogP contribution in [0.4, 0.5) is 0 Å². The summed E-state index contributed by atoms with van der Waals surface area (Å²) < 4.78 is 3.07. The highest BCUT2D eigenvalue weighted by molar-refractivity contribution is 7.71. The third-order valence-electron chi connectivity index (χ3n) is 3.84. The van der Waals surface area contributed by atoms with Crippen LogP contribution in [0.5, 0.6) is 0 Å². The van der Waals surface area contributed by atoms with Crippen molar-refractivity contribution in [1.82, 2.24) is 14.5 Å². The molecule has 1 aliphatic rings. The topological polar surface area (TPSA) is 24.0 Å². The molecule has 1 heterocycles. The average molecular weight is 261 g/mol. The van der Waals surface area contributed by atoms with Crippen LogP contribution in [0.3, 0.4) is 0 Å². The molecule has 0 spiro atoms. The molecule has 18 heavy (non-hydrogen) atoms. The fraction of sp³-hybridized carbons (Fsp3) is 0.500. The Kier molecular flexibility index (Phi) is 2.99. The highest BCUT2D eigenvalue weighted by atomic mass is 32.1. The Morgan fingerprint density at radius 3 is 2.94 bits per heavy atom. The number of rotatable bonds is 4. The van der Waals surface area contributed by atoms with Gasteiger partial charge in [0.1, 0.15) is 0 Å². The summed E-state index contributed by atoms with van der Waals surface area (Å²) in [6, 6.07) is 7.13. The first-order valence-corrected chi connectivity index (χ1v) is 6.96. The van der Waals surface area contributed by atoms with Crippen LogP contribution in [0.25, 0.3) is 11.0 Å². The number of benzene rings is 1. The third kappa shape index (κ3) is 2.10. The van der Waals surface area contributed by atoms with Crippen LogP contribution in [0.2, 0.25) is 0 Å². The summed E-state index contributed by atoms with van der Waals surface area (Å²) in [7, 11) is 2.21. The standard InChI is InChI=1S/C14H19N3S/c1-10-4-3-5-12-13(10)17(14(18)15-12)9-8-16(2)11-6-7-11/h3-5,11H,6-9H2,1-2H3,(H,15,18). The van der Waals surface area contributed by atoms with E-state index in [1.165, 1.54) is 23.9 Å². The Bertz CT molecular complexity index is 621. The van der Waals surface area contributed by atoms with Crippen molar-refractivity contribution in [2.45, 2.75) is 32.4 Å². The molecule has 3 rings (SSSR count). The maximum atomic E-state index is 5.43. The third-order valence-corrected chi connectivity index (χ3v) is 4.16. The number of hydrogen-bond donors (Lipinski definition) is 1. The van der Waals surface area contributed by atoms with Crippen molar-refractivity contribution in [1.29, 1.82) is 0 Å². The van der Waals surface area contributed by atoms with Crippen LogP contribution in [0.1, 0.15) is 18.4 Å². The van der Waals surface area contributed by atoms with E-state index in [9.17, 15) is 0 Å². The average Bonchev–Trinajstić information content (AvgIpc) is 3.11. The van der Waals surface area contributed by atoms with E-state index in [1.807, 2.05) is 0 Å². The number of likely N-dealkylation sites (N-methyl/N-ethyl adjacent to an activating group) is 1. The van der Waals surface area contributed by atoms with E-state index < -0.39 is 0 Å². The fourth-order valence-electron chi connectivity index (χ4n) is 2.57. The maximum absolute atomic E-state index is 5.43. The van der Waals surface area contributed by atoms with Gasteiger partial charge in [0.05, 0.1) is 11.0 Å². The molecule has 1 aliphatic carbocycles. The SMILES string of the molecule is Cc1cccc2[nH]c(=S)n(CCN(C)C3CC3)c12. The normalized spacial score (nSPS) is 15.7. The van der Waals surface area contributed by atoms with Gasteiger partial charge in [-0.2, -0.15) is 0 Å². The molecule has 3 nitrogen and oxygen atoms in total. The maximum Gasteiger partial charge on any atom is 0.178 e. The Balaban J connectivity index is 1.90.